The molecule has 3 aliphatic heterocycles. The van der Waals surface area contributed by atoms with E-state index in [0.29, 0.717) is 0 Å². The van der Waals surface area contributed by atoms with E-state index in [0.717, 1.165) is 24.2 Å². The molecule has 4 unspecified atom stereocenters. The number of nitrogens with zero attached hydrogens (tertiary/aromatic N) is 2. The van der Waals surface area contributed by atoms with Crippen LogP contribution >= 0.6 is 0 Å². The van der Waals surface area contributed by atoms with Gasteiger partial charge in [-0.25, -0.2) is 0 Å². The maximum absolute atomic E-state index is 13.2. The predicted octanol–water partition coefficient (Wildman–Crippen LogP) is 5.02. The molecule has 0 N–H and O–H groups in total. The van der Waals surface area contributed by atoms with Gasteiger partial charge in [-0.2, -0.15) is 0 Å². The first kappa shape index (κ1) is 28.9. The lowest BCUT2D eigenvalue weighted by Crippen LogP contribution is -2.71. The van der Waals surface area contributed by atoms with Crippen LogP contribution in [0.25, 0.3) is 0 Å². The van der Waals surface area contributed by atoms with Crippen molar-refractivity contribution in [3.63, 3.8) is 0 Å². The molecule has 0 radical (unpaired) electrons. The Bertz CT molecular complexity index is 1000. The summed E-state index contributed by atoms with van der Waals surface area (Å²) < 4.78 is 18.0. The van der Waals surface area contributed by atoms with E-state index in [4.69, 9.17) is 14.2 Å². The number of hydrogen-bond acceptors (Lipinski definition) is 7. The second kappa shape index (κ2) is 9.51. The van der Waals surface area contributed by atoms with Gasteiger partial charge in [0, 0.05) is 22.9 Å². The zero-order valence-corrected chi connectivity index (χ0v) is 25.3. The number of hydrogen-bond donors (Lipinski definition) is 0. The predicted molar refractivity (Wildman–Crippen MR) is 148 cm³/mol. The lowest BCUT2D eigenvalue weighted by atomic mass is 9.57. The lowest BCUT2D eigenvalue weighted by Gasteiger charge is -2.62. The zero-order valence-electron chi connectivity index (χ0n) is 25.3. The number of carbonyl (C=O) groups is 2. The first-order valence-electron chi connectivity index (χ1n) is 13.9. The third kappa shape index (κ3) is 4.74. The number of methoxy groups -OCH3 is 1. The van der Waals surface area contributed by atoms with Gasteiger partial charge in [0.1, 0.15) is 24.4 Å². The van der Waals surface area contributed by atoms with Crippen molar-refractivity contribution >= 4 is 11.9 Å². The Kier molecular flexibility index (Phi) is 7.23. The van der Waals surface area contributed by atoms with Crippen LogP contribution in [0.5, 0.6) is 5.75 Å². The van der Waals surface area contributed by atoms with E-state index in [1.807, 2.05) is 12.1 Å². The molecule has 1 aromatic rings. The van der Waals surface area contributed by atoms with Gasteiger partial charge in [0.15, 0.2) is 0 Å². The molecule has 7 heteroatoms. The monoisotopic (exact) mass is 528 g/mol. The van der Waals surface area contributed by atoms with E-state index in [9.17, 15) is 9.59 Å². The van der Waals surface area contributed by atoms with Crippen molar-refractivity contribution in [2.24, 2.45) is 11.8 Å². The molecule has 3 heterocycles. The summed E-state index contributed by atoms with van der Waals surface area (Å²) in [6.45, 7) is 17.7. The molecule has 7 nitrogen and oxygen atoms in total. The number of likely N-dealkylation sites (N-methyl/N-ethyl adjacent to an activating group) is 2. The highest BCUT2D eigenvalue weighted by Crippen LogP contribution is 2.55. The van der Waals surface area contributed by atoms with Crippen molar-refractivity contribution in [1.82, 2.24) is 9.80 Å². The van der Waals surface area contributed by atoms with Crippen LogP contribution in [0.1, 0.15) is 86.1 Å². The molecule has 0 saturated carbocycles. The van der Waals surface area contributed by atoms with Crippen LogP contribution in [0.15, 0.2) is 24.3 Å². The van der Waals surface area contributed by atoms with Crippen LogP contribution in [0.4, 0.5) is 0 Å². The molecule has 3 saturated heterocycles. The highest BCUT2D eigenvalue weighted by molar-refractivity contribution is 5.91. The first-order valence-corrected chi connectivity index (χ1v) is 13.9. The van der Waals surface area contributed by atoms with Gasteiger partial charge in [-0.15, -0.1) is 0 Å². The molecule has 0 amide bonds. The molecule has 212 valence electrons. The third-order valence-corrected chi connectivity index (χ3v) is 10.4. The summed E-state index contributed by atoms with van der Waals surface area (Å²) >= 11 is 0. The highest BCUT2D eigenvalue weighted by Gasteiger charge is 2.60. The number of fused-ring (bicyclic) bond motifs is 2. The van der Waals surface area contributed by atoms with Gasteiger partial charge < -0.3 is 14.2 Å². The number of carbonyl (C=O) groups excluding carboxylic acids is 2. The average Bonchev–Trinajstić information content (AvgIpc) is 2.82. The van der Waals surface area contributed by atoms with Gasteiger partial charge >= 0.3 is 11.9 Å². The Morgan fingerprint density at radius 1 is 0.737 bits per heavy atom. The fourth-order valence-corrected chi connectivity index (χ4v) is 7.85. The molecule has 3 fully saturated rings. The van der Waals surface area contributed by atoms with Crippen molar-refractivity contribution in [3.8, 4) is 5.75 Å². The van der Waals surface area contributed by atoms with Crippen LogP contribution in [-0.2, 0) is 19.1 Å². The molecular weight excluding hydrogens is 480 g/mol. The summed E-state index contributed by atoms with van der Waals surface area (Å²) in [6.07, 6.45) is 0.534. The third-order valence-electron chi connectivity index (χ3n) is 10.4. The SMILES string of the molecule is COc1ccc(C2C3CC(C)(C)N(C)C(C)(C)C3OC(=O)CC(=O)OC3C2CC(C)(C)N(C)C3(C)C)cc1. The summed E-state index contributed by atoms with van der Waals surface area (Å²) in [4.78, 5) is 31.0. The van der Waals surface area contributed by atoms with Gasteiger partial charge in [-0.1, -0.05) is 12.1 Å². The number of ether oxygens (including phenoxy) is 3. The maximum atomic E-state index is 13.2. The van der Waals surface area contributed by atoms with Crippen molar-refractivity contribution < 1.29 is 23.8 Å². The number of esters is 2. The number of likely N-dealkylation sites (tertiary alicyclic amines) is 2. The van der Waals surface area contributed by atoms with Gasteiger partial charge in [0.25, 0.3) is 0 Å². The minimum absolute atomic E-state index is 0.00546. The molecule has 4 atom stereocenters. The van der Waals surface area contributed by atoms with Crippen molar-refractivity contribution in [1.29, 1.82) is 0 Å². The standard InChI is InChI=1S/C31H48N2O5/c1-28(2)17-21-25(19-12-14-20(36-11)15-13-19)22-18-29(3,4)33(10)31(7,8)27(22)38-24(35)16-23(34)37-26(21)30(5,6)32(28)9/h12-15,21-22,25-27H,16-18H2,1-11H3. The maximum Gasteiger partial charge on any atom is 0.317 e. The fourth-order valence-electron chi connectivity index (χ4n) is 7.85. The Morgan fingerprint density at radius 3 is 1.50 bits per heavy atom. The van der Waals surface area contributed by atoms with Crippen molar-refractivity contribution in [2.45, 2.75) is 115 Å². The molecule has 0 aliphatic carbocycles. The topological polar surface area (TPSA) is 68.3 Å². The minimum Gasteiger partial charge on any atom is -0.497 e. The van der Waals surface area contributed by atoms with Crippen LogP contribution in [0, 0.1) is 11.8 Å². The molecule has 38 heavy (non-hydrogen) atoms. The van der Waals surface area contributed by atoms with Crippen molar-refractivity contribution in [2.75, 3.05) is 21.2 Å². The number of benzene rings is 1. The number of piperidine rings is 2. The summed E-state index contributed by atoms with van der Waals surface area (Å²) in [5.74, 6) is -0.191. The molecule has 1 aromatic carbocycles. The molecule has 0 aromatic heterocycles. The van der Waals surface area contributed by atoms with E-state index in [2.05, 4.69) is 91.4 Å². The van der Waals surface area contributed by atoms with E-state index in [-0.39, 0.29) is 35.3 Å². The van der Waals surface area contributed by atoms with Crippen LogP contribution in [0.3, 0.4) is 0 Å². The Morgan fingerprint density at radius 2 is 1.13 bits per heavy atom. The minimum atomic E-state index is -0.514. The van der Waals surface area contributed by atoms with Gasteiger partial charge in [-0.05, 0) is 106 Å². The molecule has 0 spiro atoms. The second-order valence-corrected chi connectivity index (χ2v) is 14.1. The van der Waals surface area contributed by atoms with Gasteiger partial charge in [0.05, 0.1) is 18.2 Å². The zero-order chi connectivity index (χ0) is 28.4. The average molecular weight is 529 g/mol. The number of rotatable bonds is 2. The van der Waals surface area contributed by atoms with E-state index < -0.39 is 35.2 Å². The Balaban J connectivity index is 1.98. The smallest absolute Gasteiger partial charge is 0.317 e. The van der Waals surface area contributed by atoms with Crippen molar-refractivity contribution in [3.05, 3.63) is 29.8 Å². The van der Waals surface area contributed by atoms with Crippen LogP contribution < -0.4 is 4.74 Å². The quantitative estimate of drug-likeness (QED) is 0.394. The molecule has 0 bridgehead atoms. The molecule has 3 aliphatic rings. The van der Waals surface area contributed by atoms with Crippen LogP contribution in [-0.4, -0.2) is 77.3 Å². The molecule has 4 rings (SSSR count). The van der Waals surface area contributed by atoms with E-state index >= 15 is 0 Å². The molecular formula is C31H48N2O5. The Labute approximate surface area is 229 Å². The summed E-state index contributed by atoms with van der Waals surface area (Å²) in [5.41, 5.74) is 0.0169. The van der Waals surface area contributed by atoms with Crippen LogP contribution in [0.2, 0.25) is 0 Å². The summed E-state index contributed by atoms with van der Waals surface area (Å²) in [6, 6.07) is 8.30. The van der Waals surface area contributed by atoms with E-state index in [1.54, 1.807) is 7.11 Å². The fraction of sp³-hybridized carbons (Fsp3) is 0.742. The first-order chi connectivity index (χ1) is 17.4. The van der Waals surface area contributed by atoms with Gasteiger partial charge in [-0.3, -0.25) is 19.4 Å². The largest absolute Gasteiger partial charge is 0.497 e. The van der Waals surface area contributed by atoms with Gasteiger partial charge in [0.2, 0.25) is 0 Å². The summed E-state index contributed by atoms with van der Waals surface area (Å²) in [7, 11) is 5.90. The summed E-state index contributed by atoms with van der Waals surface area (Å²) in [5, 5.41) is 0. The Hall–Kier alpha value is -2.12. The lowest BCUT2D eigenvalue weighted by molar-refractivity contribution is -0.206. The van der Waals surface area contributed by atoms with E-state index in [1.165, 1.54) is 0 Å². The second-order valence-electron chi connectivity index (χ2n) is 14.1. The normalized spacial score (nSPS) is 34.8. The highest BCUT2D eigenvalue weighted by atomic mass is 16.6.